The zero-order chi connectivity index (χ0) is 11.8. The first-order chi connectivity index (χ1) is 8.25. The van der Waals surface area contributed by atoms with E-state index in [-0.39, 0.29) is 6.10 Å². The predicted octanol–water partition coefficient (Wildman–Crippen LogP) is 4.72. The first-order valence-electron chi connectivity index (χ1n) is 5.84. The maximum atomic E-state index is 6.19. The molecule has 1 aromatic heterocycles. The van der Waals surface area contributed by atoms with Gasteiger partial charge in [0.15, 0.2) is 0 Å². The quantitative estimate of drug-likeness (QED) is 0.797. The summed E-state index contributed by atoms with van der Waals surface area (Å²) in [7, 11) is 0. The monoisotopic (exact) mass is 269 g/mol. The van der Waals surface area contributed by atoms with Gasteiger partial charge in [0.2, 0.25) is 0 Å². The Hall–Kier alpha value is -0.700. The Labute approximate surface area is 110 Å². The van der Waals surface area contributed by atoms with Gasteiger partial charge in [-0.2, -0.15) is 0 Å². The van der Waals surface area contributed by atoms with E-state index in [1.807, 2.05) is 12.1 Å². The fraction of sp³-hybridized carbons (Fsp3) is 0.385. The Morgan fingerprint density at radius 1 is 1.24 bits per heavy atom. The second kappa shape index (κ2) is 4.52. The lowest BCUT2D eigenvalue weighted by Crippen LogP contribution is -2.11. The molecule has 1 aliphatic rings. The summed E-state index contributed by atoms with van der Waals surface area (Å²) in [4.78, 5) is 3.37. The van der Waals surface area contributed by atoms with Crippen LogP contribution in [0.5, 0.6) is 0 Å². The molecule has 17 heavy (non-hydrogen) atoms. The molecule has 1 fully saturated rings. The summed E-state index contributed by atoms with van der Waals surface area (Å²) in [6.45, 7) is 0.842. The van der Waals surface area contributed by atoms with Crippen molar-refractivity contribution in [3.8, 4) is 0 Å². The molecule has 0 aliphatic carbocycles. The lowest BCUT2D eigenvalue weighted by Gasteiger charge is -2.21. The van der Waals surface area contributed by atoms with Crippen molar-refractivity contribution in [3.63, 3.8) is 0 Å². The second-order valence-corrected chi connectivity index (χ2v) is 5.19. The summed E-state index contributed by atoms with van der Waals surface area (Å²) >= 11 is 12.2. The fourth-order valence-corrected chi connectivity index (χ4v) is 2.71. The molecule has 0 bridgehead atoms. The van der Waals surface area contributed by atoms with Crippen LogP contribution in [0.2, 0.25) is 10.0 Å². The molecule has 1 saturated heterocycles. The van der Waals surface area contributed by atoms with Gasteiger partial charge in [0, 0.05) is 23.2 Å². The number of benzene rings is 1. The Morgan fingerprint density at radius 3 is 2.88 bits per heavy atom. The van der Waals surface area contributed by atoms with Gasteiger partial charge in [-0.25, -0.2) is 0 Å². The van der Waals surface area contributed by atoms with Crippen molar-refractivity contribution in [2.75, 3.05) is 6.61 Å². The number of ether oxygens (including phenoxy) is 1. The SMILES string of the molecule is Clc1ccc2[nH]c(C3CCCCO3)cc2c1Cl. The Balaban J connectivity index is 2.04. The fourth-order valence-electron chi connectivity index (χ4n) is 2.32. The number of aromatic nitrogens is 1. The molecule has 90 valence electrons. The number of rotatable bonds is 1. The normalized spacial score (nSPS) is 20.9. The van der Waals surface area contributed by atoms with E-state index in [9.17, 15) is 0 Å². The first-order valence-corrected chi connectivity index (χ1v) is 6.59. The van der Waals surface area contributed by atoms with Gasteiger partial charge in [-0.15, -0.1) is 0 Å². The number of H-pyrrole nitrogens is 1. The van der Waals surface area contributed by atoms with Crippen molar-refractivity contribution in [1.29, 1.82) is 0 Å². The van der Waals surface area contributed by atoms with E-state index in [0.29, 0.717) is 10.0 Å². The highest BCUT2D eigenvalue weighted by Gasteiger charge is 2.18. The van der Waals surface area contributed by atoms with Crippen molar-refractivity contribution in [3.05, 3.63) is 33.9 Å². The highest BCUT2D eigenvalue weighted by atomic mass is 35.5. The van der Waals surface area contributed by atoms with Gasteiger partial charge >= 0.3 is 0 Å². The van der Waals surface area contributed by atoms with Crippen molar-refractivity contribution in [1.82, 2.24) is 4.98 Å². The zero-order valence-corrected chi connectivity index (χ0v) is 10.8. The van der Waals surface area contributed by atoms with Gasteiger partial charge in [-0.3, -0.25) is 0 Å². The third kappa shape index (κ3) is 2.05. The van der Waals surface area contributed by atoms with Crippen LogP contribution in [-0.2, 0) is 4.74 Å². The average Bonchev–Trinajstić information content (AvgIpc) is 2.80. The third-order valence-electron chi connectivity index (χ3n) is 3.24. The van der Waals surface area contributed by atoms with Gasteiger partial charge in [-0.1, -0.05) is 23.2 Å². The average molecular weight is 270 g/mol. The molecular weight excluding hydrogens is 257 g/mol. The summed E-state index contributed by atoms with van der Waals surface area (Å²) in [5, 5.41) is 2.18. The van der Waals surface area contributed by atoms with Gasteiger partial charge in [0.1, 0.15) is 0 Å². The standard InChI is InChI=1S/C13H13Cl2NO/c14-9-4-5-10-8(13(9)15)7-11(16-10)12-3-1-2-6-17-12/h4-5,7,12,16H,1-3,6H2. The minimum absolute atomic E-state index is 0.172. The van der Waals surface area contributed by atoms with E-state index in [1.165, 1.54) is 6.42 Å². The lowest BCUT2D eigenvalue weighted by molar-refractivity contribution is 0.0127. The van der Waals surface area contributed by atoms with Crippen LogP contribution in [0.3, 0.4) is 0 Å². The number of aromatic amines is 1. The van der Waals surface area contributed by atoms with Crippen LogP contribution in [0.1, 0.15) is 31.1 Å². The van der Waals surface area contributed by atoms with Crippen molar-refractivity contribution < 1.29 is 4.74 Å². The Kier molecular flexibility index (Phi) is 3.03. The summed E-state index contributed by atoms with van der Waals surface area (Å²) in [6.07, 6.45) is 3.61. The van der Waals surface area contributed by atoms with Crippen molar-refractivity contribution in [2.24, 2.45) is 0 Å². The summed E-state index contributed by atoms with van der Waals surface area (Å²) in [6, 6.07) is 5.82. The van der Waals surface area contributed by atoms with Crippen LogP contribution >= 0.6 is 23.2 Å². The Morgan fingerprint density at radius 2 is 2.12 bits per heavy atom. The maximum absolute atomic E-state index is 6.19. The highest BCUT2D eigenvalue weighted by Crippen LogP contribution is 2.35. The molecule has 1 aliphatic heterocycles. The summed E-state index contributed by atoms with van der Waals surface area (Å²) < 4.78 is 5.76. The number of halogens is 2. The van der Waals surface area contributed by atoms with Gasteiger partial charge in [-0.05, 0) is 37.5 Å². The van der Waals surface area contributed by atoms with E-state index in [0.717, 1.165) is 36.0 Å². The maximum Gasteiger partial charge on any atom is 0.0972 e. The summed E-state index contributed by atoms with van der Waals surface area (Å²) in [5.74, 6) is 0. The molecule has 0 saturated carbocycles. The number of nitrogens with one attached hydrogen (secondary N) is 1. The minimum Gasteiger partial charge on any atom is -0.372 e. The van der Waals surface area contributed by atoms with Crippen LogP contribution in [0.15, 0.2) is 18.2 Å². The number of fused-ring (bicyclic) bond motifs is 1. The van der Waals surface area contributed by atoms with E-state index in [1.54, 1.807) is 0 Å². The van der Waals surface area contributed by atoms with E-state index in [2.05, 4.69) is 11.1 Å². The molecule has 3 rings (SSSR count). The van der Waals surface area contributed by atoms with Crippen molar-refractivity contribution in [2.45, 2.75) is 25.4 Å². The van der Waals surface area contributed by atoms with Gasteiger partial charge in [0.25, 0.3) is 0 Å². The van der Waals surface area contributed by atoms with Crippen LogP contribution in [-0.4, -0.2) is 11.6 Å². The molecule has 1 N–H and O–H groups in total. The van der Waals surface area contributed by atoms with Crippen LogP contribution < -0.4 is 0 Å². The first kappa shape index (κ1) is 11.4. The summed E-state index contributed by atoms with van der Waals surface area (Å²) in [5.41, 5.74) is 2.12. The number of hydrogen-bond acceptors (Lipinski definition) is 1. The molecular formula is C13H13Cl2NO. The van der Waals surface area contributed by atoms with Crippen LogP contribution in [0.4, 0.5) is 0 Å². The highest BCUT2D eigenvalue weighted by molar-refractivity contribution is 6.45. The molecule has 1 aromatic carbocycles. The topological polar surface area (TPSA) is 25.0 Å². The molecule has 0 spiro atoms. The predicted molar refractivity (Wildman–Crippen MR) is 70.9 cm³/mol. The van der Waals surface area contributed by atoms with Crippen molar-refractivity contribution >= 4 is 34.1 Å². The van der Waals surface area contributed by atoms with Gasteiger partial charge in [0.05, 0.1) is 16.1 Å². The molecule has 2 aromatic rings. The molecule has 2 nitrogen and oxygen atoms in total. The van der Waals surface area contributed by atoms with Crippen LogP contribution in [0.25, 0.3) is 10.9 Å². The molecule has 1 atom stereocenters. The second-order valence-electron chi connectivity index (χ2n) is 4.40. The third-order valence-corrected chi connectivity index (χ3v) is 4.06. The van der Waals surface area contributed by atoms with Gasteiger partial charge < -0.3 is 9.72 Å². The van der Waals surface area contributed by atoms with E-state index < -0.39 is 0 Å². The minimum atomic E-state index is 0.172. The molecule has 0 amide bonds. The molecule has 1 unspecified atom stereocenters. The smallest absolute Gasteiger partial charge is 0.0972 e. The molecule has 4 heteroatoms. The largest absolute Gasteiger partial charge is 0.372 e. The molecule has 2 heterocycles. The lowest BCUT2D eigenvalue weighted by atomic mass is 10.1. The molecule has 0 radical (unpaired) electrons. The van der Waals surface area contributed by atoms with Crippen LogP contribution in [0, 0.1) is 0 Å². The van der Waals surface area contributed by atoms with E-state index >= 15 is 0 Å². The van der Waals surface area contributed by atoms with E-state index in [4.69, 9.17) is 27.9 Å². The zero-order valence-electron chi connectivity index (χ0n) is 9.30. The Bertz CT molecular complexity index is 544. The number of hydrogen-bond donors (Lipinski definition) is 1.